The van der Waals surface area contributed by atoms with Gasteiger partial charge in [0.1, 0.15) is 23.7 Å². The Morgan fingerprint density at radius 3 is 2.83 bits per heavy atom. The Kier molecular flexibility index (Phi) is 5.96. The van der Waals surface area contributed by atoms with E-state index in [1.165, 1.54) is 16.8 Å². The van der Waals surface area contributed by atoms with Gasteiger partial charge in [0.05, 0.1) is 23.5 Å². The van der Waals surface area contributed by atoms with Gasteiger partial charge in [-0.05, 0) is 60.2 Å². The first-order chi connectivity index (χ1) is 20.4. The molecule has 4 heterocycles. The third-order valence-corrected chi connectivity index (χ3v) is 7.86. The Morgan fingerprint density at radius 1 is 1.10 bits per heavy atom. The van der Waals surface area contributed by atoms with Crippen molar-refractivity contribution in [3.63, 3.8) is 0 Å². The van der Waals surface area contributed by atoms with Crippen molar-refractivity contribution in [3.8, 4) is 11.4 Å². The van der Waals surface area contributed by atoms with Crippen LogP contribution in [-0.4, -0.2) is 47.0 Å². The smallest absolute Gasteiger partial charge is 0.335 e. The summed E-state index contributed by atoms with van der Waals surface area (Å²) in [5.74, 6) is -0.285. The highest BCUT2D eigenvalue weighted by atomic mass is 16.5. The molecule has 0 fully saturated rings. The van der Waals surface area contributed by atoms with Gasteiger partial charge in [0.25, 0.3) is 11.8 Å². The van der Waals surface area contributed by atoms with Crippen molar-refractivity contribution < 1.29 is 24.2 Å². The van der Waals surface area contributed by atoms with Crippen LogP contribution in [0.4, 0.5) is 0 Å². The van der Waals surface area contributed by atoms with Gasteiger partial charge in [0, 0.05) is 31.1 Å². The van der Waals surface area contributed by atoms with Crippen LogP contribution in [-0.2, 0) is 19.6 Å². The summed E-state index contributed by atoms with van der Waals surface area (Å²) >= 11 is 0. The first kappa shape index (κ1) is 25.4. The molecule has 42 heavy (non-hydrogen) atoms. The number of hydrogen-bond acceptors (Lipinski definition) is 7. The van der Waals surface area contributed by atoms with E-state index >= 15 is 0 Å². The molecule has 0 saturated heterocycles. The number of nitrogens with one attached hydrogen (secondary N) is 2. The van der Waals surface area contributed by atoms with E-state index in [4.69, 9.17) is 4.74 Å². The molecule has 0 unspecified atom stereocenters. The Labute approximate surface area is 239 Å². The number of hydrogen-bond donors (Lipinski definition) is 3. The molecule has 0 bridgehead atoms. The lowest BCUT2D eigenvalue weighted by atomic mass is 9.98. The van der Waals surface area contributed by atoms with E-state index in [1.807, 2.05) is 29.0 Å². The van der Waals surface area contributed by atoms with Crippen LogP contribution < -0.4 is 15.4 Å². The largest absolute Gasteiger partial charge is 0.483 e. The van der Waals surface area contributed by atoms with Crippen LogP contribution in [0.15, 0.2) is 61.1 Å². The molecular formula is C30H25N7O5. The summed E-state index contributed by atoms with van der Waals surface area (Å²) in [7, 11) is 0. The third kappa shape index (κ3) is 4.24. The van der Waals surface area contributed by atoms with Gasteiger partial charge in [-0.3, -0.25) is 14.2 Å². The maximum atomic E-state index is 13.5. The fraction of sp³-hybridized carbons (Fsp3) is 0.200. The summed E-state index contributed by atoms with van der Waals surface area (Å²) in [5, 5.41) is 19.6. The molecule has 1 aliphatic carbocycles. The van der Waals surface area contributed by atoms with Gasteiger partial charge in [0.15, 0.2) is 11.5 Å². The molecular weight excluding hydrogens is 538 g/mol. The molecule has 0 radical (unpaired) electrons. The zero-order valence-corrected chi connectivity index (χ0v) is 22.5. The summed E-state index contributed by atoms with van der Waals surface area (Å²) in [4.78, 5) is 47.0. The second kappa shape index (κ2) is 9.84. The van der Waals surface area contributed by atoms with Gasteiger partial charge in [-0.25, -0.2) is 19.3 Å². The van der Waals surface area contributed by atoms with Crippen molar-refractivity contribution in [2.75, 3.05) is 0 Å². The molecule has 2 aromatic carbocycles. The van der Waals surface area contributed by atoms with Crippen molar-refractivity contribution in [1.29, 1.82) is 0 Å². The Hall–Kier alpha value is -5.52. The van der Waals surface area contributed by atoms with Crippen LogP contribution in [0.3, 0.4) is 0 Å². The molecule has 0 saturated carbocycles. The van der Waals surface area contributed by atoms with Gasteiger partial charge in [-0.2, -0.15) is 5.10 Å². The normalized spacial score (nSPS) is 14.9. The zero-order chi connectivity index (χ0) is 29.0. The van der Waals surface area contributed by atoms with Gasteiger partial charge in [-0.15, -0.1) is 0 Å². The highest BCUT2D eigenvalue weighted by molar-refractivity contribution is 5.98. The minimum Gasteiger partial charge on any atom is -0.483 e. The molecule has 210 valence electrons. The number of carbonyl (C=O) groups is 3. The van der Waals surface area contributed by atoms with Gasteiger partial charge in [0.2, 0.25) is 0 Å². The summed E-state index contributed by atoms with van der Waals surface area (Å²) in [6.07, 6.45) is 6.40. The highest BCUT2D eigenvalue weighted by Gasteiger charge is 2.29. The molecule has 1 atom stereocenters. The van der Waals surface area contributed by atoms with Crippen LogP contribution in [0.5, 0.6) is 5.75 Å². The van der Waals surface area contributed by atoms with Crippen molar-refractivity contribution in [2.45, 2.75) is 39.0 Å². The first-order valence-corrected chi connectivity index (χ1v) is 13.4. The first-order valence-electron chi connectivity index (χ1n) is 13.4. The van der Waals surface area contributed by atoms with Crippen LogP contribution in [0, 0.1) is 6.92 Å². The van der Waals surface area contributed by atoms with E-state index in [2.05, 4.69) is 25.7 Å². The average molecular weight is 564 g/mol. The molecule has 12 heteroatoms. The topological polar surface area (TPSA) is 153 Å². The number of aromatic carboxylic acids is 1. The minimum atomic E-state index is -0.973. The number of imidazole rings is 1. The predicted octanol–water partition coefficient (Wildman–Crippen LogP) is 3.16. The summed E-state index contributed by atoms with van der Waals surface area (Å²) < 4.78 is 9.12. The number of carbonyl (C=O) groups excluding carboxylic acids is 2. The summed E-state index contributed by atoms with van der Waals surface area (Å²) in [6.45, 7) is 2.42. The number of fused-ring (bicyclic) bond motifs is 5. The molecule has 12 nitrogen and oxygen atoms in total. The number of benzene rings is 2. The number of carboxylic acid groups (broad SMARTS) is 1. The van der Waals surface area contributed by atoms with Crippen LogP contribution in [0.25, 0.3) is 11.3 Å². The second-order valence-electron chi connectivity index (χ2n) is 10.3. The summed E-state index contributed by atoms with van der Waals surface area (Å²) in [6, 6.07) is 11.8. The lowest BCUT2D eigenvalue weighted by Gasteiger charge is -2.20. The number of aromatic nitrogens is 5. The Morgan fingerprint density at radius 2 is 1.98 bits per heavy atom. The second-order valence-corrected chi connectivity index (χ2v) is 10.3. The number of carboxylic acids is 1. The molecule has 7 rings (SSSR count). The zero-order valence-electron chi connectivity index (χ0n) is 22.5. The monoisotopic (exact) mass is 563 g/mol. The molecule has 5 aromatic rings. The quantitative estimate of drug-likeness (QED) is 0.285. The standard InChI is InChI=1S/C30H25N7O5/c1-16-18-5-6-21(20(18)4-3-19(16)30(40)41)35-29(39)24-13-22(34-26-8-9-33-37(24)26)28(38)32-14-17-2-7-25-23(12-17)36-11-10-31-27(36)15-42-25/h2-4,7-13,21H,5-6,14-15H2,1H3,(H,32,38)(H,35,39)(H,40,41)/t21-/m0/s1. The van der Waals surface area contributed by atoms with E-state index in [0.29, 0.717) is 30.7 Å². The third-order valence-electron chi connectivity index (χ3n) is 7.86. The van der Waals surface area contributed by atoms with E-state index < -0.39 is 17.8 Å². The van der Waals surface area contributed by atoms with Crippen LogP contribution in [0.2, 0.25) is 0 Å². The lowest BCUT2D eigenvalue weighted by Crippen LogP contribution is -2.30. The number of amides is 2. The Balaban J connectivity index is 1.11. The van der Waals surface area contributed by atoms with Crippen molar-refractivity contribution >= 4 is 23.4 Å². The molecule has 3 aromatic heterocycles. The average Bonchev–Trinajstić information content (AvgIpc) is 3.75. The van der Waals surface area contributed by atoms with Crippen molar-refractivity contribution in [3.05, 3.63) is 106 Å². The van der Waals surface area contributed by atoms with E-state index in [9.17, 15) is 19.5 Å². The maximum Gasteiger partial charge on any atom is 0.335 e. The fourth-order valence-corrected chi connectivity index (χ4v) is 5.74. The minimum absolute atomic E-state index is 0.0834. The maximum absolute atomic E-state index is 13.5. The van der Waals surface area contributed by atoms with Gasteiger partial charge in [-0.1, -0.05) is 12.1 Å². The van der Waals surface area contributed by atoms with E-state index in [0.717, 1.165) is 34.0 Å². The molecule has 3 N–H and O–H groups in total. The van der Waals surface area contributed by atoms with E-state index in [1.54, 1.807) is 31.3 Å². The molecule has 2 amide bonds. The highest BCUT2D eigenvalue weighted by Crippen LogP contribution is 2.35. The van der Waals surface area contributed by atoms with Crippen molar-refractivity contribution in [1.82, 2.24) is 34.8 Å². The number of nitrogens with zero attached hydrogens (tertiary/aromatic N) is 5. The SMILES string of the molecule is Cc1c(C(=O)O)ccc2c1CC[C@@H]2NC(=O)c1cc(C(=O)NCc2ccc3c(c2)-n2ccnc2CO3)nc2ccnn12. The van der Waals surface area contributed by atoms with E-state index in [-0.39, 0.29) is 29.5 Å². The van der Waals surface area contributed by atoms with Gasteiger partial charge >= 0.3 is 5.97 Å². The fourth-order valence-electron chi connectivity index (χ4n) is 5.74. The van der Waals surface area contributed by atoms with Crippen LogP contribution in [0.1, 0.15) is 71.9 Å². The van der Waals surface area contributed by atoms with Crippen LogP contribution >= 0.6 is 0 Å². The molecule has 2 aliphatic rings. The summed E-state index contributed by atoms with van der Waals surface area (Å²) in [5.41, 5.74) is 5.13. The molecule has 1 aliphatic heterocycles. The predicted molar refractivity (Wildman–Crippen MR) is 149 cm³/mol. The Bertz CT molecular complexity index is 1920. The lowest BCUT2D eigenvalue weighted by molar-refractivity contribution is 0.0695. The van der Waals surface area contributed by atoms with Gasteiger partial charge < -0.3 is 20.5 Å². The van der Waals surface area contributed by atoms with Crippen molar-refractivity contribution in [2.24, 2.45) is 0 Å². The number of ether oxygens (including phenoxy) is 1. The number of rotatable bonds is 6. The molecule has 0 spiro atoms.